The summed E-state index contributed by atoms with van der Waals surface area (Å²) in [6.45, 7) is 2.75. The minimum absolute atomic E-state index is 0.631. The molecule has 0 saturated carbocycles. The van der Waals surface area contributed by atoms with Crippen LogP contribution in [0.2, 0.25) is 0 Å². The minimum Gasteiger partial charge on any atom is -0.417 e. The normalized spacial score (nSPS) is 8.12. The van der Waals surface area contributed by atoms with Crippen LogP contribution in [0.4, 0.5) is 0 Å². The molecular formula is C6H12OSi. The highest BCUT2D eigenvalue weighted by atomic mass is 28.2. The molecule has 0 aliphatic heterocycles. The molecule has 0 fully saturated rings. The summed E-state index contributed by atoms with van der Waals surface area (Å²) < 4.78 is 4.85. The van der Waals surface area contributed by atoms with E-state index in [1.165, 1.54) is 0 Å². The van der Waals surface area contributed by atoms with Gasteiger partial charge in [-0.1, -0.05) is 12.8 Å². The van der Waals surface area contributed by atoms with Crippen molar-refractivity contribution in [3.63, 3.8) is 0 Å². The maximum Gasteiger partial charge on any atom is 0.147 e. The summed E-state index contributed by atoms with van der Waals surface area (Å²) in [7, 11) is 0.805. The number of hydrogen-bond acceptors (Lipinski definition) is 1. The van der Waals surface area contributed by atoms with Crippen LogP contribution >= 0.6 is 0 Å². The zero-order valence-corrected chi connectivity index (χ0v) is 7.53. The monoisotopic (exact) mass is 128 g/mol. The van der Waals surface area contributed by atoms with Crippen molar-refractivity contribution in [2.24, 2.45) is 0 Å². The fourth-order valence-electron chi connectivity index (χ4n) is 0.337. The van der Waals surface area contributed by atoms with E-state index in [1.54, 1.807) is 0 Å². The number of rotatable bonds is 2. The highest BCUT2D eigenvalue weighted by Gasteiger charge is 1.68. The van der Waals surface area contributed by atoms with E-state index in [4.69, 9.17) is 4.43 Å². The molecule has 0 unspecified atom stereocenters. The molecule has 0 amide bonds. The molecule has 0 N–H and O–H groups in total. The van der Waals surface area contributed by atoms with Gasteiger partial charge in [-0.15, -0.1) is 5.92 Å². The second-order valence-corrected chi connectivity index (χ2v) is 2.11. The minimum atomic E-state index is 0.631. The van der Waals surface area contributed by atoms with Crippen molar-refractivity contribution in [3.05, 3.63) is 0 Å². The fraction of sp³-hybridized carbons (Fsp3) is 0.667. The van der Waals surface area contributed by atoms with E-state index in [1.807, 2.05) is 0 Å². The standard InChI is InChI=1S/C6H12OSi/c1-2-3-4-5-6-7-8/h2-3,6H2,1,8H3. The van der Waals surface area contributed by atoms with Crippen molar-refractivity contribution in [1.82, 2.24) is 0 Å². The number of hydrogen-bond donors (Lipinski definition) is 0. The Morgan fingerprint density at radius 2 is 2.25 bits per heavy atom. The SMILES string of the molecule is CCCC#CCO[SiH3]. The highest BCUT2D eigenvalue weighted by molar-refractivity contribution is 5.98. The van der Waals surface area contributed by atoms with Crippen LogP contribution in [0, 0.1) is 11.8 Å². The molecule has 1 nitrogen and oxygen atoms in total. The Hall–Kier alpha value is -0.263. The first-order chi connectivity index (χ1) is 3.91. The molecule has 2 heteroatoms. The maximum absolute atomic E-state index is 4.85. The third-order valence-corrected chi connectivity index (χ3v) is 1.01. The molecule has 0 atom stereocenters. The summed E-state index contributed by atoms with van der Waals surface area (Å²) in [6.07, 6.45) is 2.15. The predicted molar refractivity (Wildman–Crippen MR) is 38.6 cm³/mol. The lowest BCUT2D eigenvalue weighted by Gasteiger charge is -1.82. The van der Waals surface area contributed by atoms with E-state index in [0.29, 0.717) is 6.61 Å². The predicted octanol–water partition coefficient (Wildman–Crippen LogP) is 0.0869. The molecule has 0 heterocycles. The van der Waals surface area contributed by atoms with Crippen LogP contribution in [0.5, 0.6) is 0 Å². The van der Waals surface area contributed by atoms with Gasteiger partial charge in [0.05, 0.1) is 6.61 Å². The lowest BCUT2D eigenvalue weighted by molar-refractivity contribution is 0.410. The third-order valence-electron chi connectivity index (χ3n) is 0.717. The molecule has 0 aromatic rings. The van der Waals surface area contributed by atoms with Gasteiger partial charge in [0.1, 0.15) is 10.5 Å². The van der Waals surface area contributed by atoms with E-state index in [-0.39, 0.29) is 0 Å². The molecule has 0 aliphatic rings. The Bertz CT molecular complexity index is 80.4. The largest absolute Gasteiger partial charge is 0.417 e. The quantitative estimate of drug-likeness (QED) is 0.378. The van der Waals surface area contributed by atoms with Gasteiger partial charge in [0.15, 0.2) is 0 Å². The van der Waals surface area contributed by atoms with Crippen molar-refractivity contribution in [2.75, 3.05) is 6.61 Å². The smallest absolute Gasteiger partial charge is 0.147 e. The van der Waals surface area contributed by atoms with Gasteiger partial charge < -0.3 is 4.43 Å². The Kier molecular flexibility index (Phi) is 6.52. The fourth-order valence-corrected chi connectivity index (χ4v) is 0.481. The van der Waals surface area contributed by atoms with Crippen LogP contribution in [0.3, 0.4) is 0 Å². The topological polar surface area (TPSA) is 9.23 Å². The average Bonchev–Trinajstić information content (AvgIpc) is 1.81. The van der Waals surface area contributed by atoms with E-state index in [9.17, 15) is 0 Å². The molecule has 0 saturated heterocycles. The average molecular weight is 128 g/mol. The highest BCUT2D eigenvalue weighted by Crippen LogP contribution is 1.79. The molecule has 8 heavy (non-hydrogen) atoms. The van der Waals surface area contributed by atoms with Crippen LogP contribution in [0.15, 0.2) is 0 Å². The molecule has 0 rings (SSSR count). The molecule has 0 aliphatic carbocycles. The molecule has 0 radical (unpaired) electrons. The first kappa shape index (κ1) is 7.74. The summed E-state index contributed by atoms with van der Waals surface area (Å²) in [5, 5.41) is 0. The van der Waals surface area contributed by atoms with Crippen LogP contribution in [0.25, 0.3) is 0 Å². The zero-order chi connectivity index (χ0) is 6.24. The lowest BCUT2D eigenvalue weighted by atomic mass is 10.3. The Labute approximate surface area is 54.0 Å². The molecule has 0 aromatic heterocycles. The zero-order valence-electron chi connectivity index (χ0n) is 5.53. The van der Waals surface area contributed by atoms with E-state index >= 15 is 0 Å². The summed E-state index contributed by atoms with van der Waals surface area (Å²) in [4.78, 5) is 0. The second-order valence-electron chi connectivity index (χ2n) is 1.54. The van der Waals surface area contributed by atoms with Gasteiger partial charge in [0.25, 0.3) is 0 Å². The van der Waals surface area contributed by atoms with Gasteiger partial charge in [-0.2, -0.15) is 0 Å². The van der Waals surface area contributed by atoms with Crippen LogP contribution in [-0.2, 0) is 4.43 Å². The van der Waals surface area contributed by atoms with E-state index < -0.39 is 0 Å². The Morgan fingerprint density at radius 1 is 1.50 bits per heavy atom. The van der Waals surface area contributed by atoms with Crippen molar-refractivity contribution < 1.29 is 4.43 Å². The van der Waals surface area contributed by atoms with Crippen molar-refractivity contribution in [2.45, 2.75) is 19.8 Å². The van der Waals surface area contributed by atoms with Gasteiger partial charge in [0.2, 0.25) is 0 Å². The van der Waals surface area contributed by atoms with Crippen LogP contribution in [-0.4, -0.2) is 17.1 Å². The van der Waals surface area contributed by atoms with Gasteiger partial charge in [-0.25, -0.2) is 0 Å². The van der Waals surface area contributed by atoms with E-state index in [0.717, 1.165) is 23.3 Å². The lowest BCUT2D eigenvalue weighted by Crippen LogP contribution is -1.82. The first-order valence-electron chi connectivity index (χ1n) is 2.86. The molecule has 0 bridgehead atoms. The first-order valence-corrected chi connectivity index (χ1v) is 3.68. The summed E-state index contributed by atoms with van der Waals surface area (Å²) in [5.74, 6) is 5.88. The summed E-state index contributed by atoms with van der Waals surface area (Å²) in [5.41, 5.74) is 0. The van der Waals surface area contributed by atoms with Crippen LogP contribution < -0.4 is 0 Å². The van der Waals surface area contributed by atoms with Crippen LogP contribution in [0.1, 0.15) is 19.8 Å². The van der Waals surface area contributed by atoms with Gasteiger partial charge in [-0.05, 0) is 6.42 Å². The van der Waals surface area contributed by atoms with Gasteiger partial charge in [0, 0.05) is 6.42 Å². The summed E-state index contributed by atoms with van der Waals surface area (Å²) in [6, 6.07) is 0. The summed E-state index contributed by atoms with van der Waals surface area (Å²) >= 11 is 0. The van der Waals surface area contributed by atoms with E-state index in [2.05, 4.69) is 18.8 Å². The molecule has 46 valence electrons. The van der Waals surface area contributed by atoms with Crippen molar-refractivity contribution >= 4 is 10.5 Å². The number of unbranched alkanes of at least 4 members (excludes halogenated alkanes) is 1. The maximum atomic E-state index is 4.85. The van der Waals surface area contributed by atoms with Crippen molar-refractivity contribution in [3.8, 4) is 11.8 Å². The third kappa shape index (κ3) is 5.74. The Morgan fingerprint density at radius 3 is 2.75 bits per heavy atom. The second kappa shape index (κ2) is 6.74. The molecular weight excluding hydrogens is 116 g/mol. The molecule has 0 spiro atoms. The Balaban J connectivity index is 2.95. The van der Waals surface area contributed by atoms with Gasteiger partial charge >= 0.3 is 0 Å². The van der Waals surface area contributed by atoms with Gasteiger partial charge in [-0.3, -0.25) is 0 Å². The molecule has 0 aromatic carbocycles. The van der Waals surface area contributed by atoms with Crippen molar-refractivity contribution in [1.29, 1.82) is 0 Å².